The van der Waals surface area contributed by atoms with Crippen molar-refractivity contribution in [1.82, 2.24) is 20.2 Å². The molecule has 6 nitrogen and oxygen atoms in total. The number of rotatable bonds is 3. The van der Waals surface area contributed by atoms with Crippen LogP contribution < -0.4 is 4.90 Å². The fraction of sp³-hybridized carbons (Fsp3) is 0.333. The van der Waals surface area contributed by atoms with Crippen LogP contribution in [0.1, 0.15) is 31.1 Å². The lowest BCUT2D eigenvalue weighted by molar-refractivity contribution is 0.352. The molecule has 1 aromatic carbocycles. The predicted octanol–water partition coefficient (Wildman–Crippen LogP) is 4.52. The molecular weight excluding hydrogens is 370 g/mol. The summed E-state index contributed by atoms with van der Waals surface area (Å²) in [4.78, 5) is 12.4. The Balaban J connectivity index is 1.18. The van der Waals surface area contributed by atoms with Crippen LogP contribution in [0.3, 0.4) is 0 Å². The van der Waals surface area contributed by atoms with Crippen molar-refractivity contribution < 1.29 is 4.42 Å². The summed E-state index contributed by atoms with van der Waals surface area (Å²) in [6, 6.07) is 12.1. The lowest BCUT2D eigenvalue weighted by atomic mass is 9.90. The third-order valence-electron chi connectivity index (χ3n) is 6.25. The molecule has 2 fully saturated rings. The summed E-state index contributed by atoms with van der Waals surface area (Å²) in [6.45, 7) is 2.02. The standard InChI is InChI=1S/C21H19N5OS/c1-2-4-14(5-3-1)18-24-25-19(27-18)16-12-21(16)7-9-26(10-8-21)17-15-6-11-28-20(15)23-13-22-17/h1-6,11,13,16H,7-10,12H2/t16-/m0/s1. The highest BCUT2D eigenvalue weighted by atomic mass is 32.1. The Morgan fingerprint density at radius 2 is 1.89 bits per heavy atom. The summed E-state index contributed by atoms with van der Waals surface area (Å²) in [5.41, 5.74) is 1.30. The summed E-state index contributed by atoms with van der Waals surface area (Å²) in [7, 11) is 0. The molecular formula is C21H19N5OS. The van der Waals surface area contributed by atoms with Gasteiger partial charge >= 0.3 is 0 Å². The van der Waals surface area contributed by atoms with Crippen LogP contribution in [-0.4, -0.2) is 33.3 Å². The highest BCUT2D eigenvalue weighted by Gasteiger charge is 2.58. The maximum atomic E-state index is 6.02. The number of hydrogen-bond acceptors (Lipinski definition) is 7. The van der Waals surface area contributed by atoms with Crippen molar-refractivity contribution in [3.8, 4) is 11.5 Å². The van der Waals surface area contributed by atoms with Crippen LogP contribution >= 0.6 is 11.3 Å². The largest absolute Gasteiger partial charge is 0.420 e. The molecule has 0 amide bonds. The van der Waals surface area contributed by atoms with E-state index in [2.05, 4.69) is 36.5 Å². The van der Waals surface area contributed by atoms with Gasteiger partial charge in [-0.05, 0) is 48.3 Å². The fourth-order valence-electron chi connectivity index (χ4n) is 4.52. The van der Waals surface area contributed by atoms with Crippen LogP contribution in [0.4, 0.5) is 5.82 Å². The third-order valence-corrected chi connectivity index (χ3v) is 7.07. The Hall–Kier alpha value is -2.80. The van der Waals surface area contributed by atoms with Gasteiger partial charge in [0.25, 0.3) is 0 Å². The normalized spacial score (nSPS) is 20.7. The van der Waals surface area contributed by atoms with Gasteiger partial charge in [0.1, 0.15) is 17.0 Å². The molecule has 28 heavy (non-hydrogen) atoms. The van der Waals surface area contributed by atoms with Crippen molar-refractivity contribution in [1.29, 1.82) is 0 Å². The second-order valence-electron chi connectivity index (χ2n) is 7.75. The van der Waals surface area contributed by atoms with E-state index in [-0.39, 0.29) is 0 Å². The van der Waals surface area contributed by atoms with Gasteiger partial charge in [0, 0.05) is 24.6 Å². The second-order valence-corrected chi connectivity index (χ2v) is 8.65. The average Bonchev–Trinajstić information content (AvgIpc) is 3.13. The Labute approximate surface area is 166 Å². The lowest BCUT2D eigenvalue weighted by Gasteiger charge is -2.33. The quantitative estimate of drug-likeness (QED) is 0.513. The number of thiophene rings is 1. The Morgan fingerprint density at radius 3 is 2.75 bits per heavy atom. The highest BCUT2D eigenvalue weighted by molar-refractivity contribution is 7.16. The van der Waals surface area contributed by atoms with Crippen molar-refractivity contribution in [2.24, 2.45) is 5.41 Å². The molecule has 0 N–H and O–H groups in total. The zero-order valence-electron chi connectivity index (χ0n) is 15.3. The van der Waals surface area contributed by atoms with E-state index in [0.29, 0.717) is 17.2 Å². The van der Waals surface area contributed by atoms with E-state index in [1.807, 2.05) is 30.3 Å². The van der Waals surface area contributed by atoms with Gasteiger partial charge in [-0.25, -0.2) is 9.97 Å². The molecule has 1 saturated heterocycles. The van der Waals surface area contributed by atoms with Gasteiger partial charge in [0.05, 0.1) is 5.39 Å². The molecule has 4 heterocycles. The van der Waals surface area contributed by atoms with Crippen LogP contribution in [0, 0.1) is 5.41 Å². The number of nitrogens with zero attached hydrogens (tertiary/aromatic N) is 5. The first-order valence-corrected chi connectivity index (χ1v) is 10.5. The molecule has 140 valence electrons. The predicted molar refractivity (Wildman–Crippen MR) is 108 cm³/mol. The SMILES string of the molecule is c1ccc(-c2nnc([C@@H]3CC34CCN(c3ncnc5sccc35)CC4)o2)cc1. The van der Waals surface area contributed by atoms with E-state index in [1.54, 1.807) is 17.7 Å². The van der Waals surface area contributed by atoms with Crippen LogP contribution in [0.2, 0.25) is 0 Å². The Morgan fingerprint density at radius 1 is 1.04 bits per heavy atom. The minimum atomic E-state index is 0.317. The molecule has 0 unspecified atom stereocenters. The first-order chi connectivity index (χ1) is 13.8. The molecule has 6 rings (SSSR count). The minimum Gasteiger partial charge on any atom is -0.420 e. The minimum absolute atomic E-state index is 0.317. The van der Waals surface area contributed by atoms with E-state index >= 15 is 0 Å². The van der Waals surface area contributed by atoms with Gasteiger partial charge in [0.2, 0.25) is 11.8 Å². The molecule has 1 atom stereocenters. The molecule has 1 saturated carbocycles. The van der Waals surface area contributed by atoms with Gasteiger partial charge in [-0.3, -0.25) is 0 Å². The number of aromatic nitrogens is 4. The molecule has 3 aromatic heterocycles. The maximum Gasteiger partial charge on any atom is 0.247 e. The van der Waals surface area contributed by atoms with Crippen LogP contribution in [0.15, 0.2) is 52.5 Å². The summed E-state index contributed by atoms with van der Waals surface area (Å²) >= 11 is 1.67. The zero-order valence-corrected chi connectivity index (χ0v) is 16.1. The van der Waals surface area contributed by atoms with Crippen LogP contribution in [0.25, 0.3) is 21.7 Å². The number of hydrogen-bond donors (Lipinski definition) is 0. The van der Waals surface area contributed by atoms with Crippen LogP contribution in [0.5, 0.6) is 0 Å². The molecule has 4 aromatic rings. The van der Waals surface area contributed by atoms with E-state index in [1.165, 1.54) is 5.39 Å². The highest BCUT2D eigenvalue weighted by Crippen LogP contribution is 2.64. The van der Waals surface area contributed by atoms with E-state index < -0.39 is 0 Å². The van der Waals surface area contributed by atoms with Gasteiger partial charge in [-0.15, -0.1) is 21.5 Å². The first kappa shape index (κ1) is 16.2. The van der Waals surface area contributed by atoms with Crippen LogP contribution in [-0.2, 0) is 0 Å². The molecule has 0 bridgehead atoms. The van der Waals surface area contributed by atoms with Gasteiger partial charge in [0.15, 0.2) is 0 Å². The van der Waals surface area contributed by atoms with E-state index in [9.17, 15) is 0 Å². The maximum absolute atomic E-state index is 6.02. The van der Waals surface area contributed by atoms with Gasteiger partial charge in [-0.2, -0.15) is 0 Å². The summed E-state index contributed by atoms with van der Waals surface area (Å²) < 4.78 is 6.02. The van der Waals surface area contributed by atoms with Crippen molar-refractivity contribution in [3.05, 3.63) is 54.0 Å². The first-order valence-electron chi connectivity index (χ1n) is 9.64. The molecule has 1 aliphatic heterocycles. The van der Waals surface area contributed by atoms with E-state index in [4.69, 9.17) is 4.42 Å². The molecule has 1 spiro atoms. The molecule has 2 aliphatic rings. The molecule has 1 aliphatic carbocycles. The second kappa shape index (κ2) is 6.10. The average molecular weight is 389 g/mol. The smallest absolute Gasteiger partial charge is 0.247 e. The van der Waals surface area contributed by atoms with Crippen molar-refractivity contribution in [2.75, 3.05) is 18.0 Å². The number of benzene rings is 1. The monoisotopic (exact) mass is 389 g/mol. The van der Waals surface area contributed by atoms with E-state index in [0.717, 1.165) is 54.5 Å². The topological polar surface area (TPSA) is 67.9 Å². The third kappa shape index (κ3) is 2.53. The Bertz CT molecular complexity index is 1130. The number of anilines is 1. The van der Waals surface area contributed by atoms with Gasteiger partial charge in [-0.1, -0.05) is 18.2 Å². The van der Waals surface area contributed by atoms with Crippen molar-refractivity contribution in [3.63, 3.8) is 0 Å². The van der Waals surface area contributed by atoms with Crippen molar-refractivity contribution in [2.45, 2.75) is 25.2 Å². The molecule has 0 radical (unpaired) electrons. The zero-order chi connectivity index (χ0) is 18.6. The Kier molecular flexibility index (Phi) is 3.53. The summed E-state index contributed by atoms with van der Waals surface area (Å²) in [5.74, 6) is 2.89. The number of fused-ring (bicyclic) bond motifs is 1. The van der Waals surface area contributed by atoms with Crippen molar-refractivity contribution >= 4 is 27.4 Å². The summed E-state index contributed by atoms with van der Waals surface area (Å²) in [6.07, 6.45) is 5.10. The van der Waals surface area contributed by atoms with Gasteiger partial charge < -0.3 is 9.32 Å². The fourth-order valence-corrected chi connectivity index (χ4v) is 5.24. The lowest BCUT2D eigenvalue weighted by Crippen LogP contribution is -2.35. The summed E-state index contributed by atoms with van der Waals surface area (Å²) in [5, 5.41) is 11.9. The molecule has 7 heteroatoms. The number of piperidine rings is 1.